The summed E-state index contributed by atoms with van der Waals surface area (Å²) < 4.78 is 0. The van der Waals surface area contributed by atoms with Crippen molar-refractivity contribution in [2.24, 2.45) is 11.3 Å². The quantitative estimate of drug-likeness (QED) is 0.649. The van der Waals surface area contributed by atoms with Crippen LogP contribution >= 0.6 is 0 Å². The molecule has 0 spiro atoms. The number of nitrogen functional groups attached to an aromatic ring is 1. The molecule has 5 rings (SSSR count). The maximum absolute atomic E-state index is 13.1. The maximum Gasteiger partial charge on any atom is 0.272 e. The van der Waals surface area contributed by atoms with Crippen LogP contribution in [-0.2, 0) is 13.0 Å². The van der Waals surface area contributed by atoms with Crippen molar-refractivity contribution in [1.29, 1.82) is 0 Å². The number of aryl methyl sites for hydroxylation is 1. The van der Waals surface area contributed by atoms with E-state index in [1.54, 1.807) is 12.3 Å². The zero-order chi connectivity index (χ0) is 22.0. The van der Waals surface area contributed by atoms with Gasteiger partial charge in [-0.05, 0) is 36.5 Å². The molecule has 0 unspecified atom stereocenters. The summed E-state index contributed by atoms with van der Waals surface area (Å²) in [7, 11) is 0. The highest BCUT2D eigenvalue weighted by atomic mass is 16.2. The Labute approximate surface area is 188 Å². The number of likely N-dealkylation sites (tertiary alicyclic amines) is 2. The largest absolute Gasteiger partial charge is 0.368 e. The molecule has 1 aromatic carbocycles. The Morgan fingerprint density at radius 1 is 0.969 bits per heavy atom. The van der Waals surface area contributed by atoms with Crippen molar-refractivity contribution in [3.63, 3.8) is 0 Å². The van der Waals surface area contributed by atoms with E-state index in [0.717, 1.165) is 51.1 Å². The number of anilines is 1. The third-order valence-electron chi connectivity index (χ3n) is 6.89. The lowest BCUT2D eigenvalue weighted by molar-refractivity contribution is 0.0749. The number of rotatable bonds is 6. The van der Waals surface area contributed by atoms with Crippen molar-refractivity contribution in [2.75, 3.05) is 31.9 Å². The van der Waals surface area contributed by atoms with Crippen molar-refractivity contribution in [3.05, 3.63) is 83.9 Å². The summed E-state index contributed by atoms with van der Waals surface area (Å²) in [5.41, 5.74) is 8.66. The second-order valence-corrected chi connectivity index (χ2v) is 9.06. The van der Waals surface area contributed by atoms with Gasteiger partial charge in [-0.15, -0.1) is 0 Å². The van der Waals surface area contributed by atoms with Crippen LogP contribution in [0.15, 0.2) is 67.1 Å². The highest BCUT2D eigenvalue weighted by molar-refractivity contribution is 5.92. The lowest BCUT2D eigenvalue weighted by Crippen LogP contribution is -2.37. The normalized spacial score (nSPS) is 22.8. The minimum absolute atomic E-state index is 0.0394. The zero-order valence-corrected chi connectivity index (χ0v) is 18.1. The average molecular weight is 429 g/mol. The van der Waals surface area contributed by atoms with E-state index in [1.807, 2.05) is 29.4 Å². The number of nitrogens with zero attached hydrogens (tertiary/aromatic N) is 5. The number of carbonyl (C=O) groups excluding carboxylic acids is 1. The van der Waals surface area contributed by atoms with Crippen LogP contribution < -0.4 is 5.73 Å². The molecule has 2 aliphatic rings. The Balaban J connectivity index is 1.33. The van der Waals surface area contributed by atoms with Gasteiger partial charge in [0, 0.05) is 62.3 Å². The van der Waals surface area contributed by atoms with E-state index in [0.29, 0.717) is 17.6 Å². The smallest absolute Gasteiger partial charge is 0.272 e. The van der Waals surface area contributed by atoms with Gasteiger partial charge in [0.1, 0.15) is 5.69 Å². The first kappa shape index (κ1) is 20.6. The number of aromatic nitrogens is 3. The highest BCUT2D eigenvalue weighted by Crippen LogP contribution is 2.46. The molecule has 164 valence electrons. The summed E-state index contributed by atoms with van der Waals surface area (Å²) in [6.45, 7) is 4.28. The molecule has 2 saturated heterocycles. The fraction of sp³-hybridized carbons (Fsp3) is 0.360. The molecule has 4 heterocycles. The molecule has 0 radical (unpaired) electrons. The van der Waals surface area contributed by atoms with Crippen LogP contribution in [0.3, 0.4) is 0 Å². The Kier molecular flexibility index (Phi) is 5.57. The Morgan fingerprint density at radius 2 is 1.75 bits per heavy atom. The number of hydrogen-bond acceptors (Lipinski definition) is 6. The fourth-order valence-corrected chi connectivity index (χ4v) is 5.32. The summed E-state index contributed by atoms with van der Waals surface area (Å²) in [6, 6.07) is 16.1. The lowest BCUT2D eigenvalue weighted by atomic mass is 9.76. The molecule has 3 aromatic rings. The number of pyridine rings is 1. The predicted molar refractivity (Wildman–Crippen MR) is 123 cm³/mol. The summed E-state index contributed by atoms with van der Waals surface area (Å²) in [5, 5.41) is 0. The second-order valence-electron chi connectivity index (χ2n) is 9.06. The molecule has 0 bridgehead atoms. The summed E-state index contributed by atoms with van der Waals surface area (Å²) in [6.07, 6.45) is 7.38. The first-order valence-electron chi connectivity index (χ1n) is 11.1. The van der Waals surface area contributed by atoms with Gasteiger partial charge in [-0.25, -0.2) is 9.97 Å². The highest BCUT2D eigenvalue weighted by Gasteiger charge is 2.52. The van der Waals surface area contributed by atoms with E-state index in [-0.39, 0.29) is 11.3 Å². The summed E-state index contributed by atoms with van der Waals surface area (Å²) >= 11 is 0. The van der Waals surface area contributed by atoms with Crippen molar-refractivity contribution in [2.45, 2.75) is 19.4 Å². The SMILES string of the molecule is Nc1ncc(CN2C[C@H]3CN(C(=O)c4ccccn4)C[C@@]3(CCc3ccccc3)C2)cn1. The van der Waals surface area contributed by atoms with Gasteiger partial charge < -0.3 is 10.6 Å². The maximum atomic E-state index is 13.1. The standard InChI is InChI=1S/C25H28N6O/c26-24-28-12-20(13-29-24)14-30-15-21-16-31(23(32)22-8-4-5-11-27-22)18-25(21,17-30)10-9-19-6-2-1-3-7-19/h1-8,11-13,21H,9-10,14-18H2,(H2,26,28,29)/t21-,25+/m0/s1. The number of hydrogen-bond donors (Lipinski definition) is 1. The van der Waals surface area contributed by atoms with Gasteiger partial charge >= 0.3 is 0 Å². The molecular weight excluding hydrogens is 400 g/mol. The van der Waals surface area contributed by atoms with Gasteiger partial charge in [0.25, 0.3) is 5.91 Å². The third-order valence-corrected chi connectivity index (χ3v) is 6.89. The molecule has 1 amide bonds. The van der Waals surface area contributed by atoms with E-state index in [4.69, 9.17) is 5.73 Å². The van der Waals surface area contributed by atoms with E-state index in [2.05, 4.69) is 50.2 Å². The number of fused-ring (bicyclic) bond motifs is 1. The third kappa shape index (κ3) is 4.21. The minimum Gasteiger partial charge on any atom is -0.368 e. The lowest BCUT2D eigenvalue weighted by Gasteiger charge is -2.29. The summed E-state index contributed by atoms with van der Waals surface area (Å²) in [5.74, 6) is 0.779. The van der Waals surface area contributed by atoms with Gasteiger partial charge in [-0.3, -0.25) is 14.7 Å². The Morgan fingerprint density at radius 3 is 2.50 bits per heavy atom. The average Bonchev–Trinajstić information content (AvgIpc) is 3.34. The van der Waals surface area contributed by atoms with E-state index >= 15 is 0 Å². The Hall–Kier alpha value is -3.32. The van der Waals surface area contributed by atoms with Crippen LogP contribution in [0.4, 0.5) is 5.95 Å². The zero-order valence-electron chi connectivity index (χ0n) is 18.1. The minimum atomic E-state index is 0.0394. The molecule has 32 heavy (non-hydrogen) atoms. The van der Waals surface area contributed by atoms with Gasteiger partial charge in [-0.1, -0.05) is 36.4 Å². The molecule has 0 saturated carbocycles. The summed E-state index contributed by atoms with van der Waals surface area (Å²) in [4.78, 5) is 30.2. The first-order chi connectivity index (χ1) is 15.6. The molecule has 2 aromatic heterocycles. The van der Waals surface area contributed by atoms with Crippen molar-refractivity contribution in [3.8, 4) is 0 Å². The number of carbonyl (C=O) groups is 1. The van der Waals surface area contributed by atoms with E-state index in [9.17, 15) is 4.79 Å². The van der Waals surface area contributed by atoms with Crippen molar-refractivity contribution >= 4 is 11.9 Å². The second kappa shape index (κ2) is 8.67. The first-order valence-corrected chi connectivity index (χ1v) is 11.1. The van der Waals surface area contributed by atoms with Gasteiger partial charge in [0.05, 0.1) is 0 Å². The molecule has 7 nitrogen and oxygen atoms in total. The van der Waals surface area contributed by atoms with Gasteiger partial charge in [0.15, 0.2) is 0 Å². The van der Waals surface area contributed by atoms with Crippen LogP contribution in [0.5, 0.6) is 0 Å². The van der Waals surface area contributed by atoms with E-state index in [1.165, 1.54) is 5.56 Å². The van der Waals surface area contributed by atoms with Gasteiger partial charge in [0.2, 0.25) is 5.95 Å². The Bertz CT molecular complexity index is 1060. The molecule has 2 aliphatic heterocycles. The number of nitrogens with two attached hydrogens (primary N) is 1. The molecular formula is C25H28N6O. The fourth-order valence-electron chi connectivity index (χ4n) is 5.32. The molecule has 2 N–H and O–H groups in total. The van der Waals surface area contributed by atoms with Gasteiger partial charge in [-0.2, -0.15) is 0 Å². The molecule has 2 atom stereocenters. The van der Waals surface area contributed by atoms with Crippen LogP contribution in [0.2, 0.25) is 0 Å². The number of benzene rings is 1. The topological polar surface area (TPSA) is 88.2 Å². The van der Waals surface area contributed by atoms with Crippen LogP contribution in [0.25, 0.3) is 0 Å². The molecule has 0 aliphatic carbocycles. The molecule has 7 heteroatoms. The van der Waals surface area contributed by atoms with Crippen molar-refractivity contribution in [1.82, 2.24) is 24.8 Å². The van der Waals surface area contributed by atoms with Crippen LogP contribution in [-0.4, -0.2) is 56.8 Å². The van der Waals surface area contributed by atoms with E-state index < -0.39 is 0 Å². The number of amides is 1. The van der Waals surface area contributed by atoms with Crippen molar-refractivity contribution < 1.29 is 4.79 Å². The van der Waals surface area contributed by atoms with Crippen LogP contribution in [0.1, 0.15) is 28.0 Å². The van der Waals surface area contributed by atoms with Crippen LogP contribution in [0, 0.1) is 11.3 Å². The molecule has 2 fully saturated rings. The predicted octanol–water partition coefficient (Wildman–Crippen LogP) is 2.66. The monoisotopic (exact) mass is 428 g/mol.